The quantitative estimate of drug-likeness (QED) is 0.452. The summed E-state index contributed by atoms with van der Waals surface area (Å²) in [6.07, 6.45) is 5.43. The van der Waals surface area contributed by atoms with Crippen molar-refractivity contribution >= 4 is 29.9 Å². The van der Waals surface area contributed by atoms with E-state index in [1.807, 2.05) is 7.05 Å². The summed E-state index contributed by atoms with van der Waals surface area (Å²) >= 11 is 0. The average Bonchev–Trinajstić information content (AvgIpc) is 3.05. The van der Waals surface area contributed by atoms with Crippen molar-refractivity contribution in [2.75, 3.05) is 33.2 Å². The molecule has 1 saturated heterocycles. The summed E-state index contributed by atoms with van der Waals surface area (Å²) in [6, 6.07) is 0.649. The minimum absolute atomic E-state index is 0. The summed E-state index contributed by atoms with van der Waals surface area (Å²) in [4.78, 5) is 6.81. The zero-order valence-electron chi connectivity index (χ0n) is 11.6. The van der Waals surface area contributed by atoms with Gasteiger partial charge in [-0.15, -0.1) is 24.0 Å². The predicted molar refractivity (Wildman–Crippen MR) is 87.8 cm³/mol. The number of hydrogen-bond donors (Lipinski definition) is 2. The fraction of sp³-hybridized carbons (Fsp3) is 0.923. The van der Waals surface area contributed by atoms with Gasteiger partial charge in [0.2, 0.25) is 0 Å². The Morgan fingerprint density at radius 1 is 1.28 bits per heavy atom. The van der Waals surface area contributed by atoms with Gasteiger partial charge in [0.05, 0.1) is 0 Å². The first-order chi connectivity index (χ1) is 8.29. The van der Waals surface area contributed by atoms with E-state index in [0.717, 1.165) is 25.0 Å². The van der Waals surface area contributed by atoms with Crippen molar-refractivity contribution in [3.63, 3.8) is 0 Å². The van der Waals surface area contributed by atoms with E-state index in [1.54, 1.807) is 0 Å². The van der Waals surface area contributed by atoms with Gasteiger partial charge in [0, 0.05) is 26.2 Å². The fourth-order valence-corrected chi connectivity index (χ4v) is 2.41. The number of rotatable bonds is 4. The van der Waals surface area contributed by atoms with Gasteiger partial charge in [0.1, 0.15) is 0 Å². The van der Waals surface area contributed by atoms with Crippen molar-refractivity contribution in [1.29, 1.82) is 0 Å². The van der Waals surface area contributed by atoms with Gasteiger partial charge in [-0.25, -0.2) is 0 Å². The zero-order chi connectivity index (χ0) is 12.1. The molecule has 0 spiro atoms. The summed E-state index contributed by atoms with van der Waals surface area (Å²) in [5, 5.41) is 6.85. The number of likely N-dealkylation sites (tertiary alicyclic amines) is 1. The lowest BCUT2D eigenvalue weighted by atomic mass is 10.1. The number of hydrogen-bond acceptors (Lipinski definition) is 2. The maximum absolute atomic E-state index is 4.26. The molecule has 2 atom stereocenters. The van der Waals surface area contributed by atoms with Crippen LogP contribution in [0, 0.1) is 5.92 Å². The molecule has 1 heterocycles. The van der Waals surface area contributed by atoms with Crippen LogP contribution in [0.25, 0.3) is 0 Å². The van der Waals surface area contributed by atoms with Crippen molar-refractivity contribution in [2.45, 2.75) is 38.6 Å². The molecular weight excluding hydrogens is 339 g/mol. The van der Waals surface area contributed by atoms with E-state index in [-0.39, 0.29) is 24.0 Å². The van der Waals surface area contributed by atoms with Gasteiger partial charge < -0.3 is 15.5 Å². The molecule has 1 aliphatic carbocycles. The normalized spacial score (nSPS) is 28.4. The highest BCUT2D eigenvalue weighted by molar-refractivity contribution is 14.0. The van der Waals surface area contributed by atoms with E-state index in [9.17, 15) is 0 Å². The maximum Gasteiger partial charge on any atom is 0.191 e. The highest BCUT2D eigenvalue weighted by Crippen LogP contribution is 2.28. The van der Waals surface area contributed by atoms with Crippen LogP contribution in [-0.2, 0) is 0 Å². The van der Waals surface area contributed by atoms with Crippen LogP contribution < -0.4 is 10.6 Å². The Bertz CT molecular complexity index is 264. The molecule has 1 saturated carbocycles. The van der Waals surface area contributed by atoms with Crippen molar-refractivity contribution in [3.05, 3.63) is 0 Å². The molecule has 1 aliphatic heterocycles. The molecule has 2 fully saturated rings. The highest BCUT2D eigenvalue weighted by atomic mass is 127. The Morgan fingerprint density at radius 2 is 1.94 bits per heavy atom. The molecular formula is C13H27IN4. The van der Waals surface area contributed by atoms with Crippen molar-refractivity contribution in [3.8, 4) is 0 Å². The largest absolute Gasteiger partial charge is 0.355 e. The molecule has 106 valence electrons. The smallest absolute Gasteiger partial charge is 0.191 e. The van der Waals surface area contributed by atoms with Gasteiger partial charge in [-0.3, -0.25) is 4.99 Å². The number of guanidine groups is 1. The molecule has 0 aromatic carbocycles. The van der Waals surface area contributed by atoms with Crippen LogP contribution in [0.2, 0.25) is 0 Å². The molecule has 0 aromatic heterocycles. The standard InChI is InChI=1S/C13H26N4.HI/c1-11-10-12(11)16-13(14-2)15-6-9-17-7-4-3-5-8-17;/h11-12H,3-10H2,1-2H3,(H2,14,15,16);1H. The third kappa shape index (κ3) is 5.30. The van der Waals surface area contributed by atoms with Gasteiger partial charge in [0.15, 0.2) is 5.96 Å². The number of nitrogens with zero attached hydrogens (tertiary/aromatic N) is 2. The number of piperidine rings is 1. The third-order valence-corrected chi connectivity index (χ3v) is 3.82. The van der Waals surface area contributed by atoms with Crippen molar-refractivity contribution < 1.29 is 0 Å². The monoisotopic (exact) mass is 366 g/mol. The van der Waals surface area contributed by atoms with Crippen LogP contribution in [0.4, 0.5) is 0 Å². The molecule has 2 N–H and O–H groups in total. The summed E-state index contributed by atoms with van der Waals surface area (Å²) in [6.45, 7) is 6.96. The minimum Gasteiger partial charge on any atom is -0.355 e. The van der Waals surface area contributed by atoms with Gasteiger partial charge in [-0.2, -0.15) is 0 Å². The van der Waals surface area contributed by atoms with E-state index >= 15 is 0 Å². The second-order valence-electron chi connectivity index (χ2n) is 5.37. The van der Waals surface area contributed by atoms with E-state index in [4.69, 9.17) is 0 Å². The Kier molecular flexibility index (Phi) is 7.29. The molecule has 0 bridgehead atoms. The molecule has 0 amide bonds. The van der Waals surface area contributed by atoms with Crippen LogP contribution in [0.3, 0.4) is 0 Å². The molecule has 0 aromatic rings. The molecule has 2 unspecified atom stereocenters. The minimum atomic E-state index is 0. The van der Waals surface area contributed by atoms with E-state index in [2.05, 4.69) is 27.4 Å². The summed E-state index contributed by atoms with van der Waals surface area (Å²) in [7, 11) is 1.85. The molecule has 5 heteroatoms. The lowest BCUT2D eigenvalue weighted by Gasteiger charge is -2.26. The Hall–Kier alpha value is -0.0400. The molecule has 0 radical (unpaired) electrons. The molecule has 2 aliphatic rings. The van der Waals surface area contributed by atoms with Crippen LogP contribution in [-0.4, -0.2) is 50.1 Å². The lowest BCUT2D eigenvalue weighted by molar-refractivity contribution is 0.232. The van der Waals surface area contributed by atoms with Crippen LogP contribution in [0.1, 0.15) is 32.6 Å². The van der Waals surface area contributed by atoms with Crippen molar-refractivity contribution in [1.82, 2.24) is 15.5 Å². The fourth-order valence-electron chi connectivity index (χ4n) is 2.41. The third-order valence-electron chi connectivity index (χ3n) is 3.82. The highest BCUT2D eigenvalue weighted by Gasteiger charge is 2.33. The Morgan fingerprint density at radius 3 is 2.50 bits per heavy atom. The van der Waals surface area contributed by atoms with E-state index in [0.29, 0.717) is 6.04 Å². The summed E-state index contributed by atoms with van der Waals surface area (Å²) in [5.74, 6) is 1.78. The maximum atomic E-state index is 4.26. The lowest BCUT2D eigenvalue weighted by Crippen LogP contribution is -2.43. The summed E-state index contributed by atoms with van der Waals surface area (Å²) < 4.78 is 0. The van der Waals surface area contributed by atoms with Gasteiger partial charge in [0.25, 0.3) is 0 Å². The second kappa shape index (κ2) is 8.19. The second-order valence-corrected chi connectivity index (χ2v) is 5.37. The molecule has 18 heavy (non-hydrogen) atoms. The number of halogens is 1. The van der Waals surface area contributed by atoms with Gasteiger partial charge in [-0.05, 0) is 38.3 Å². The predicted octanol–water partition coefficient (Wildman–Crippen LogP) is 1.66. The van der Waals surface area contributed by atoms with Crippen LogP contribution in [0.5, 0.6) is 0 Å². The Balaban J connectivity index is 0.00000162. The SMILES string of the molecule is CN=C(NCCN1CCCCC1)NC1CC1C.I. The topological polar surface area (TPSA) is 39.7 Å². The molecule has 4 nitrogen and oxygen atoms in total. The molecule has 2 rings (SSSR count). The zero-order valence-corrected chi connectivity index (χ0v) is 13.9. The van der Waals surface area contributed by atoms with E-state index in [1.165, 1.54) is 38.8 Å². The van der Waals surface area contributed by atoms with Crippen LogP contribution in [0.15, 0.2) is 4.99 Å². The first kappa shape index (κ1) is 16.0. The first-order valence-corrected chi connectivity index (χ1v) is 6.99. The summed E-state index contributed by atoms with van der Waals surface area (Å²) in [5.41, 5.74) is 0. The number of nitrogens with one attached hydrogen (secondary N) is 2. The number of aliphatic imine (C=N–C) groups is 1. The van der Waals surface area contributed by atoms with Gasteiger partial charge >= 0.3 is 0 Å². The van der Waals surface area contributed by atoms with Gasteiger partial charge in [-0.1, -0.05) is 13.3 Å². The van der Waals surface area contributed by atoms with E-state index < -0.39 is 0 Å². The van der Waals surface area contributed by atoms with Crippen molar-refractivity contribution in [2.24, 2.45) is 10.9 Å². The van der Waals surface area contributed by atoms with Crippen LogP contribution >= 0.6 is 24.0 Å². The Labute approximate surface area is 128 Å². The first-order valence-electron chi connectivity index (χ1n) is 6.99. The average molecular weight is 366 g/mol.